The van der Waals surface area contributed by atoms with Gasteiger partial charge in [0, 0.05) is 13.1 Å². The van der Waals surface area contributed by atoms with E-state index in [1.807, 2.05) is 71.5 Å². The monoisotopic (exact) mass is 704 g/mol. The highest BCUT2D eigenvalue weighted by Gasteiger charge is 2.22. The molecule has 0 atom stereocenters. The van der Waals surface area contributed by atoms with Crippen molar-refractivity contribution < 1.29 is 18.4 Å². The zero-order valence-corrected chi connectivity index (χ0v) is 28.7. The third-order valence-electron chi connectivity index (χ3n) is 8.73. The molecule has 0 saturated heterocycles. The molecule has 2 amide bonds. The first-order valence-electron chi connectivity index (χ1n) is 16.3. The third kappa shape index (κ3) is 7.26. The molecule has 0 spiro atoms. The molecule has 13 heteroatoms. The van der Waals surface area contributed by atoms with Crippen molar-refractivity contribution in [3.63, 3.8) is 0 Å². The highest BCUT2D eigenvalue weighted by atomic mass is 32.1. The van der Waals surface area contributed by atoms with E-state index in [0.717, 1.165) is 44.5 Å². The number of halogens is 2. The van der Waals surface area contributed by atoms with Crippen LogP contribution in [0.15, 0.2) is 97.1 Å². The minimum absolute atomic E-state index is 0.230. The summed E-state index contributed by atoms with van der Waals surface area (Å²) in [5.41, 5.74) is 18.2. The maximum atomic E-state index is 13.5. The van der Waals surface area contributed by atoms with Crippen molar-refractivity contribution in [2.24, 2.45) is 0 Å². The second-order valence-electron chi connectivity index (χ2n) is 12.1. The van der Waals surface area contributed by atoms with Crippen LogP contribution in [0.1, 0.15) is 53.2 Å². The Labute approximate surface area is 296 Å². The SMILES string of the molecule is Cc1c(C(=O)NNCc2nc3ccccc3n2Cc2ccc(F)cc2)sc(C(=O)NNCc2nc3ccccc3n2Cc2ccc(F)cc2)c1C. The molecule has 10 nitrogen and oxygen atoms in total. The molecule has 51 heavy (non-hydrogen) atoms. The largest absolute Gasteiger partial charge is 0.322 e. The number of nitrogens with one attached hydrogen (secondary N) is 4. The van der Waals surface area contributed by atoms with Crippen LogP contribution in [-0.2, 0) is 26.2 Å². The maximum absolute atomic E-state index is 13.5. The van der Waals surface area contributed by atoms with Gasteiger partial charge in [0.1, 0.15) is 23.3 Å². The number of para-hydroxylation sites is 4. The number of carbonyl (C=O) groups is 2. The number of thiophene rings is 1. The van der Waals surface area contributed by atoms with Gasteiger partial charge in [-0.1, -0.05) is 48.5 Å². The summed E-state index contributed by atoms with van der Waals surface area (Å²) in [7, 11) is 0. The molecule has 3 heterocycles. The predicted octanol–water partition coefficient (Wildman–Crippen LogP) is 6.31. The van der Waals surface area contributed by atoms with Gasteiger partial charge in [0.05, 0.1) is 44.9 Å². The van der Waals surface area contributed by atoms with Gasteiger partial charge < -0.3 is 9.13 Å². The fourth-order valence-corrected chi connectivity index (χ4v) is 7.07. The van der Waals surface area contributed by atoms with Crippen LogP contribution in [0.2, 0.25) is 0 Å². The van der Waals surface area contributed by atoms with Crippen LogP contribution in [0.25, 0.3) is 22.1 Å². The lowest BCUT2D eigenvalue weighted by molar-refractivity contribution is 0.0928. The Balaban J connectivity index is 0.994. The van der Waals surface area contributed by atoms with E-state index in [0.29, 0.717) is 45.6 Å². The van der Waals surface area contributed by atoms with Crippen molar-refractivity contribution in [2.45, 2.75) is 40.0 Å². The first-order chi connectivity index (χ1) is 24.7. The van der Waals surface area contributed by atoms with Gasteiger partial charge in [-0.3, -0.25) is 20.4 Å². The predicted molar refractivity (Wildman–Crippen MR) is 193 cm³/mol. The number of carbonyl (C=O) groups excluding carboxylic acids is 2. The summed E-state index contributed by atoms with van der Waals surface area (Å²) in [4.78, 5) is 36.9. The summed E-state index contributed by atoms with van der Waals surface area (Å²) in [6.45, 7) is 5.04. The smallest absolute Gasteiger partial charge is 0.275 e. The average Bonchev–Trinajstić information content (AvgIpc) is 3.77. The molecule has 0 unspecified atom stereocenters. The number of rotatable bonds is 12. The molecular weight excluding hydrogens is 671 g/mol. The lowest BCUT2D eigenvalue weighted by Crippen LogP contribution is -2.37. The molecular formula is C38H34F2N8O2S. The average molecular weight is 705 g/mol. The van der Waals surface area contributed by atoms with Gasteiger partial charge in [-0.05, 0) is 84.6 Å². The standard InChI is InChI=1S/C38H34F2N8O2S/c1-23-24(2)36(38(50)46-42-20-34-44-30-8-4-6-10-32(30)48(34)22-26-13-17-28(40)18-14-26)51-35(23)37(49)45-41-19-33-43-29-7-3-5-9-31(29)47(33)21-25-11-15-27(39)16-12-25/h3-18,41-42H,19-22H2,1-2H3,(H,45,49)(H,46,50). The Morgan fingerprint density at radius 3 is 1.41 bits per heavy atom. The first-order valence-corrected chi connectivity index (χ1v) is 17.1. The molecule has 0 aliphatic carbocycles. The van der Waals surface area contributed by atoms with Crippen molar-refractivity contribution in [1.82, 2.24) is 40.8 Å². The van der Waals surface area contributed by atoms with Crippen molar-refractivity contribution in [3.05, 3.63) is 152 Å². The number of hydrogen-bond donors (Lipinski definition) is 4. The molecule has 7 aromatic rings. The van der Waals surface area contributed by atoms with Crippen LogP contribution in [0.5, 0.6) is 0 Å². The van der Waals surface area contributed by atoms with E-state index in [-0.39, 0.29) is 36.5 Å². The van der Waals surface area contributed by atoms with Gasteiger partial charge >= 0.3 is 0 Å². The number of benzene rings is 4. The van der Waals surface area contributed by atoms with Gasteiger partial charge in [0.2, 0.25) is 0 Å². The molecule has 0 saturated carbocycles. The number of hydrazine groups is 2. The van der Waals surface area contributed by atoms with Crippen LogP contribution >= 0.6 is 11.3 Å². The molecule has 7 rings (SSSR count). The Kier molecular flexibility index (Phi) is 9.66. The van der Waals surface area contributed by atoms with E-state index in [1.165, 1.54) is 24.3 Å². The van der Waals surface area contributed by atoms with E-state index < -0.39 is 0 Å². The van der Waals surface area contributed by atoms with Crippen LogP contribution in [0.4, 0.5) is 8.78 Å². The molecule has 4 N–H and O–H groups in total. The van der Waals surface area contributed by atoms with Crippen LogP contribution < -0.4 is 21.7 Å². The van der Waals surface area contributed by atoms with Crippen LogP contribution in [0.3, 0.4) is 0 Å². The lowest BCUT2D eigenvalue weighted by Gasteiger charge is -2.11. The summed E-state index contributed by atoms with van der Waals surface area (Å²) in [6.07, 6.45) is 0. The van der Waals surface area contributed by atoms with Crippen molar-refractivity contribution in [1.29, 1.82) is 0 Å². The van der Waals surface area contributed by atoms with Crippen LogP contribution in [0, 0.1) is 25.5 Å². The summed E-state index contributed by atoms with van der Waals surface area (Å²) >= 11 is 1.11. The Hall–Kier alpha value is -5.76. The minimum Gasteiger partial charge on any atom is -0.322 e. The highest BCUT2D eigenvalue weighted by molar-refractivity contribution is 7.16. The number of nitrogens with zero attached hydrogens (tertiary/aromatic N) is 4. The molecule has 3 aromatic heterocycles. The highest BCUT2D eigenvalue weighted by Crippen LogP contribution is 2.27. The lowest BCUT2D eigenvalue weighted by atomic mass is 10.1. The number of amides is 2. The minimum atomic E-state index is -0.372. The van der Waals surface area contributed by atoms with Crippen LogP contribution in [-0.4, -0.2) is 30.9 Å². The molecule has 0 bridgehead atoms. The number of imidazole rings is 2. The molecule has 0 radical (unpaired) electrons. The van der Waals surface area contributed by atoms with Gasteiger partial charge in [0.15, 0.2) is 0 Å². The summed E-state index contributed by atoms with van der Waals surface area (Å²) < 4.78 is 31.1. The second-order valence-corrected chi connectivity index (χ2v) is 13.1. The van der Waals surface area contributed by atoms with E-state index in [2.05, 4.69) is 21.7 Å². The van der Waals surface area contributed by atoms with Gasteiger partial charge in [-0.25, -0.2) is 29.6 Å². The Bertz CT molecular complexity index is 2200. The molecule has 0 fully saturated rings. The zero-order valence-electron chi connectivity index (χ0n) is 27.8. The maximum Gasteiger partial charge on any atom is 0.275 e. The fraction of sp³-hybridized carbons (Fsp3) is 0.158. The fourth-order valence-electron chi connectivity index (χ4n) is 5.97. The quantitative estimate of drug-likeness (QED) is 0.111. The summed E-state index contributed by atoms with van der Waals surface area (Å²) in [5, 5.41) is 0. The molecule has 0 aliphatic heterocycles. The Morgan fingerprint density at radius 2 is 1.00 bits per heavy atom. The van der Waals surface area contributed by atoms with E-state index >= 15 is 0 Å². The molecule has 4 aromatic carbocycles. The summed E-state index contributed by atoms with van der Waals surface area (Å²) in [6, 6.07) is 28.1. The summed E-state index contributed by atoms with van der Waals surface area (Å²) in [5.74, 6) is 0.0409. The first kappa shape index (κ1) is 33.7. The molecule has 258 valence electrons. The van der Waals surface area contributed by atoms with Crippen molar-refractivity contribution in [2.75, 3.05) is 0 Å². The van der Waals surface area contributed by atoms with Gasteiger partial charge in [0.25, 0.3) is 11.8 Å². The number of hydrogen-bond acceptors (Lipinski definition) is 7. The van der Waals surface area contributed by atoms with Crippen molar-refractivity contribution in [3.8, 4) is 0 Å². The van der Waals surface area contributed by atoms with E-state index in [4.69, 9.17) is 9.97 Å². The second kappa shape index (κ2) is 14.6. The number of fused-ring (bicyclic) bond motifs is 2. The topological polar surface area (TPSA) is 118 Å². The van der Waals surface area contributed by atoms with Crippen molar-refractivity contribution >= 4 is 45.2 Å². The normalized spacial score (nSPS) is 11.4. The Morgan fingerprint density at radius 1 is 0.608 bits per heavy atom. The van der Waals surface area contributed by atoms with E-state index in [9.17, 15) is 18.4 Å². The van der Waals surface area contributed by atoms with Gasteiger partial charge in [-0.2, -0.15) is 0 Å². The van der Waals surface area contributed by atoms with Gasteiger partial charge in [-0.15, -0.1) is 11.3 Å². The molecule has 0 aliphatic rings. The number of aromatic nitrogens is 4. The third-order valence-corrected chi connectivity index (χ3v) is 10.1. The van der Waals surface area contributed by atoms with E-state index in [1.54, 1.807) is 24.3 Å². The zero-order chi connectivity index (χ0) is 35.5.